The second kappa shape index (κ2) is 11.5. The molecule has 4 aliphatic rings. The molecule has 168 valence electrons. The van der Waals surface area contributed by atoms with Crippen LogP contribution in [0.3, 0.4) is 0 Å². The maximum absolute atomic E-state index is 6.02. The molecule has 4 fully saturated rings. The fourth-order valence-electron chi connectivity index (χ4n) is 5.42. The standard InChI is InChI=1S/C21H38N4O3.HI/c1-22-20(24-9-15-28-19(16-24)18-6-5-12-27-18)23-17-21(7-3-2-4-8-21)25-10-13-26-14-11-25;/h18-19H,2-17H2,1H3,(H,22,23);1H. The SMILES string of the molecule is CN=C(NCC1(N2CCOCC2)CCCCC1)N1CCOC(C2CCCO2)C1.I. The van der Waals surface area contributed by atoms with E-state index in [0.717, 1.165) is 78.0 Å². The van der Waals surface area contributed by atoms with Crippen LogP contribution >= 0.6 is 24.0 Å². The van der Waals surface area contributed by atoms with E-state index in [1.165, 1.54) is 32.1 Å². The molecule has 0 radical (unpaired) electrons. The van der Waals surface area contributed by atoms with Gasteiger partial charge in [0.25, 0.3) is 0 Å². The number of ether oxygens (including phenoxy) is 3. The van der Waals surface area contributed by atoms with Crippen LogP contribution in [0.15, 0.2) is 4.99 Å². The van der Waals surface area contributed by atoms with Crippen molar-refractivity contribution in [3.63, 3.8) is 0 Å². The second-order valence-corrected chi connectivity index (χ2v) is 8.69. The van der Waals surface area contributed by atoms with E-state index in [0.29, 0.717) is 0 Å². The predicted molar refractivity (Wildman–Crippen MR) is 125 cm³/mol. The second-order valence-electron chi connectivity index (χ2n) is 8.69. The quantitative estimate of drug-likeness (QED) is 0.347. The number of morpholine rings is 2. The molecule has 29 heavy (non-hydrogen) atoms. The van der Waals surface area contributed by atoms with E-state index in [2.05, 4.69) is 20.1 Å². The molecule has 0 aromatic carbocycles. The maximum atomic E-state index is 6.02. The Bertz CT molecular complexity index is 518. The molecule has 0 amide bonds. The lowest BCUT2D eigenvalue weighted by Gasteiger charge is -2.48. The van der Waals surface area contributed by atoms with Gasteiger partial charge in [-0.2, -0.15) is 0 Å². The number of hydrogen-bond acceptors (Lipinski definition) is 5. The molecular weight excluding hydrogens is 483 g/mol. The summed E-state index contributed by atoms with van der Waals surface area (Å²) in [6, 6.07) is 0. The van der Waals surface area contributed by atoms with Crippen LogP contribution in [0.5, 0.6) is 0 Å². The number of rotatable bonds is 4. The molecule has 1 N–H and O–H groups in total. The molecule has 2 atom stereocenters. The molecule has 0 bridgehead atoms. The van der Waals surface area contributed by atoms with Crippen molar-refractivity contribution in [2.24, 2.45) is 4.99 Å². The van der Waals surface area contributed by atoms with Gasteiger partial charge in [-0.3, -0.25) is 9.89 Å². The van der Waals surface area contributed by atoms with E-state index in [-0.39, 0.29) is 41.7 Å². The first-order chi connectivity index (χ1) is 13.8. The van der Waals surface area contributed by atoms with Crippen molar-refractivity contribution >= 4 is 29.9 Å². The van der Waals surface area contributed by atoms with Gasteiger partial charge in [0.05, 0.1) is 25.9 Å². The molecule has 0 aromatic rings. The highest BCUT2D eigenvalue weighted by Gasteiger charge is 2.39. The lowest BCUT2D eigenvalue weighted by Crippen LogP contribution is -2.61. The summed E-state index contributed by atoms with van der Waals surface area (Å²) in [6.07, 6.45) is 9.26. The minimum Gasteiger partial charge on any atom is -0.379 e. The van der Waals surface area contributed by atoms with Gasteiger partial charge >= 0.3 is 0 Å². The fraction of sp³-hybridized carbons (Fsp3) is 0.952. The molecular formula is C21H39IN4O3. The average Bonchev–Trinajstić information content (AvgIpc) is 3.31. The van der Waals surface area contributed by atoms with E-state index in [4.69, 9.17) is 14.2 Å². The molecule has 3 aliphatic heterocycles. The van der Waals surface area contributed by atoms with Crippen molar-refractivity contribution < 1.29 is 14.2 Å². The first-order valence-electron chi connectivity index (χ1n) is 11.3. The van der Waals surface area contributed by atoms with Crippen LogP contribution in [0.25, 0.3) is 0 Å². The zero-order valence-electron chi connectivity index (χ0n) is 17.9. The van der Waals surface area contributed by atoms with Crippen LogP contribution in [0.1, 0.15) is 44.9 Å². The number of aliphatic imine (C=N–C) groups is 1. The Morgan fingerprint density at radius 3 is 2.41 bits per heavy atom. The van der Waals surface area contributed by atoms with E-state index < -0.39 is 0 Å². The summed E-state index contributed by atoms with van der Waals surface area (Å²) in [6.45, 7) is 8.20. The number of nitrogens with one attached hydrogen (secondary N) is 1. The highest BCUT2D eigenvalue weighted by Crippen LogP contribution is 2.34. The number of halogens is 1. The monoisotopic (exact) mass is 522 g/mol. The molecule has 3 heterocycles. The van der Waals surface area contributed by atoms with Crippen molar-refractivity contribution in [1.29, 1.82) is 0 Å². The highest BCUT2D eigenvalue weighted by atomic mass is 127. The van der Waals surface area contributed by atoms with Crippen molar-refractivity contribution in [3.8, 4) is 0 Å². The lowest BCUT2D eigenvalue weighted by molar-refractivity contribution is -0.0819. The summed E-state index contributed by atoms with van der Waals surface area (Å²) in [7, 11) is 1.90. The van der Waals surface area contributed by atoms with Crippen LogP contribution in [-0.2, 0) is 14.2 Å². The summed E-state index contributed by atoms with van der Waals surface area (Å²) in [5.41, 5.74) is 0.248. The van der Waals surface area contributed by atoms with Crippen molar-refractivity contribution in [2.45, 2.75) is 62.7 Å². The molecule has 1 saturated carbocycles. The molecule has 4 rings (SSSR count). The third kappa shape index (κ3) is 5.75. The highest BCUT2D eigenvalue weighted by molar-refractivity contribution is 14.0. The van der Waals surface area contributed by atoms with Crippen LogP contribution in [-0.4, -0.2) is 99.7 Å². The Hall–Kier alpha value is -0.160. The van der Waals surface area contributed by atoms with Crippen LogP contribution in [0.2, 0.25) is 0 Å². The summed E-state index contributed by atoms with van der Waals surface area (Å²) >= 11 is 0. The maximum Gasteiger partial charge on any atom is 0.193 e. The van der Waals surface area contributed by atoms with Gasteiger partial charge in [-0.05, 0) is 25.7 Å². The minimum absolute atomic E-state index is 0. The van der Waals surface area contributed by atoms with Gasteiger partial charge in [0.2, 0.25) is 0 Å². The Morgan fingerprint density at radius 1 is 0.966 bits per heavy atom. The van der Waals surface area contributed by atoms with Gasteiger partial charge in [-0.1, -0.05) is 19.3 Å². The van der Waals surface area contributed by atoms with Gasteiger partial charge < -0.3 is 24.4 Å². The smallest absolute Gasteiger partial charge is 0.193 e. The van der Waals surface area contributed by atoms with Crippen LogP contribution in [0.4, 0.5) is 0 Å². The first-order valence-corrected chi connectivity index (χ1v) is 11.3. The van der Waals surface area contributed by atoms with Crippen LogP contribution < -0.4 is 5.32 Å². The fourth-order valence-corrected chi connectivity index (χ4v) is 5.42. The number of hydrogen-bond donors (Lipinski definition) is 1. The van der Waals surface area contributed by atoms with Crippen LogP contribution in [0, 0.1) is 0 Å². The lowest BCUT2D eigenvalue weighted by atomic mass is 9.79. The Labute approximate surface area is 192 Å². The van der Waals surface area contributed by atoms with E-state index >= 15 is 0 Å². The summed E-state index contributed by atoms with van der Waals surface area (Å²) < 4.78 is 17.5. The number of guanidine groups is 1. The summed E-state index contributed by atoms with van der Waals surface area (Å²) in [5.74, 6) is 1.02. The number of nitrogens with zero attached hydrogens (tertiary/aromatic N) is 3. The first kappa shape index (κ1) is 23.5. The Kier molecular flexibility index (Phi) is 9.28. The van der Waals surface area contributed by atoms with Crippen molar-refractivity contribution in [1.82, 2.24) is 15.1 Å². The molecule has 3 saturated heterocycles. The van der Waals surface area contributed by atoms with Crippen molar-refractivity contribution in [2.75, 3.05) is 66.2 Å². The Balaban J connectivity index is 0.00000240. The van der Waals surface area contributed by atoms with Gasteiger partial charge in [-0.25, -0.2) is 0 Å². The summed E-state index contributed by atoms with van der Waals surface area (Å²) in [4.78, 5) is 9.68. The topological polar surface area (TPSA) is 58.6 Å². The van der Waals surface area contributed by atoms with E-state index in [9.17, 15) is 0 Å². The average molecular weight is 522 g/mol. The third-order valence-corrected chi connectivity index (χ3v) is 7.03. The van der Waals surface area contributed by atoms with Gasteiger partial charge in [-0.15, -0.1) is 24.0 Å². The van der Waals surface area contributed by atoms with E-state index in [1.54, 1.807) is 0 Å². The zero-order chi connectivity index (χ0) is 19.2. The molecule has 2 unspecified atom stereocenters. The third-order valence-electron chi connectivity index (χ3n) is 7.03. The van der Waals surface area contributed by atoms with Gasteiger partial charge in [0.1, 0.15) is 6.10 Å². The molecule has 7 nitrogen and oxygen atoms in total. The van der Waals surface area contributed by atoms with Gasteiger partial charge in [0.15, 0.2) is 5.96 Å². The normalized spacial score (nSPS) is 31.3. The molecule has 8 heteroatoms. The minimum atomic E-state index is 0. The molecule has 1 aliphatic carbocycles. The molecule has 0 spiro atoms. The Morgan fingerprint density at radius 2 is 1.72 bits per heavy atom. The van der Waals surface area contributed by atoms with Gasteiger partial charge in [0, 0.05) is 51.9 Å². The van der Waals surface area contributed by atoms with Crippen molar-refractivity contribution in [3.05, 3.63) is 0 Å². The molecule has 0 aromatic heterocycles. The zero-order valence-corrected chi connectivity index (χ0v) is 20.3. The van der Waals surface area contributed by atoms with E-state index in [1.807, 2.05) is 7.05 Å². The predicted octanol–water partition coefficient (Wildman–Crippen LogP) is 2.09. The largest absolute Gasteiger partial charge is 0.379 e. The summed E-state index contributed by atoms with van der Waals surface area (Å²) in [5, 5.41) is 3.76.